The second kappa shape index (κ2) is 7.49. The predicted molar refractivity (Wildman–Crippen MR) is 57.7 cm³/mol. The van der Waals surface area contributed by atoms with Crippen molar-refractivity contribution in [3.05, 3.63) is 0 Å². The fraction of sp³-hybridized carbons (Fsp3) is 1.00. The Bertz CT molecular complexity index is 714. The van der Waals surface area contributed by atoms with E-state index in [0.29, 0.717) is 0 Å². The molecule has 1 N–H and O–H groups in total. The number of aliphatic hydroxyl groups excluding tert-OH is 1. The number of rotatable bonds is 9. The van der Waals surface area contributed by atoms with Crippen LogP contribution in [0.25, 0.3) is 0 Å². The average Bonchev–Trinajstić information content (AvgIpc) is 2.59. The Morgan fingerprint density at radius 3 is 0.667 bits per heavy atom. The minimum absolute atomic E-state index is 3.63. The maximum atomic E-state index is 13.2. The molecule has 22 heteroatoms. The van der Waals surface area contributed by atoms with Gasteiger partial charge in [0.25, 0.3) is 0 Å². The molecule has 0 bridgehead atoms. The quantitative estimate of drug-likeness (QED) is 0.337. The lowest BCUT2D eigenvalue weighted by atomic mass is 9.86. The highest BCUT2D eigenvalue weighted by Crippen LogP contribution is 2.66. The summed E-state index contributed by atoms with van der Waals surface area (Å²) in [6, 6.07) is 0. The second-order valence-corrected chi connectivity index (χ2v) is 5.96. The van der Waals surface area contributed by atoms with Crippen molar-refractivity contribution in [3.63, 3.8) is 0 Å². The van der Waals surface area contributed by atoms with Crippen LogP contribution in [0.3, 0.4) is 0 Å². The minimum Gasteiger partial charge on any atom is -0.390 e. The first kappa shape index (κ1) is 31.5. The van der Waals surface area contributed by atoms with E-state index in [0.717, 1.165) is 0 Å². The number of aliphatic hydroxyl groups is 1. The third kappa shape index (κ3) is 3.64. The molecule has 0 fully saturated rings. The van der Waals surface area contributed by atoms with Gasteiger partial charge in [-0.2, -0.15) is 92.2 Å². The normalized spacial score (nSPS) is 16.9. The first-order valence-electron chi connectivity index (χ1n) is 6.89. The molecule has 33 heavy (non-hydrogen) atoms. The summed E-state index contributed by atoms with van der Waals surface area (Å²) in [4.78, 5) is 0. The lowest BCUT2D eigenvalue weighted by Crippen LogP contribution is -2.77. The molecule has 0 atom stereocenters. The summed E-state index contributed by atoms with van der Waals surface area (Å²) in [5, 5.41) is 7.77. The van der Waals surface area contributed by atoms with E-state index in [1.807, 2.05) is 0 Å². The van der Waals surface area contributed by atoms with Crippen molar-refractivity contribution < 1.29 is 97.3 Å². The van der Waals surface area contributed by atoms with Crippen LogP contribution in [0.15, 0.2) is 0 Å². The van der Waals surface area contributed by atoms with Crippen molar-refractivity contribution in [2.75, 3.05) is 6.61 Å². The monoisotopic (exact) mass is 550 g/mol. The van der Waals surface area contributed by atoms with Crippen LogP contribution in [0, 0.1) is 0 Å². The SMILES string of the molecule is OCC(F)(F)C(F)(F)C(F)(F)C(F)(F)C(F)(F)C(F)(F)C(F)(F)C(F)(F)C(F)(F)C(F)(F)F. The average molecular weight is 550 g/mol. The van der Waals surface area contributed by atoms with Crippen LogP contribution in [0.1, 0.15) is 0 Å². The Kier molecular flexibility index (Phi) is 7.15. The Morgan fingerprint density at radius 2 is 0.485 bits per heavy atom. The van der Waals surface area contributed by atoms with E-state index in [1.165, 1.54) is 0 Å². The maximum absolute atomic E-state index is 13.2. The molecular formula is C11H3F21O. The molecule has 0 aliphatic rings. The van der Waals surface area contributed by atoms with Crippen LogP contribution in [0.2, 0.25) is 0 Å². The molecule has 0 unspecified atom stereocenters. The molecule has 0 amide bonds. The van der Waals surface area contributed by atoms with Crippen molar-refractivity contribution in [3.8, 4) is 0 Å². The molecule has 0 spiro atoms. The molecule has 1 nitrogen and oxygen atoms in total. The highest BCUT2D eigenvalue weighted by Gasteiger charge is 2.97. The van der Waals surface area contributed by atoms with Gasteiger partial charge >= 0.3 is 59.5 Å². The van der Waals surface area contributed by atoms with Crippen molar-refractivity contribution in [1.29, 1.82) is 0 Å². The molecule has 0 radical (unpaired) electrons. The highest BCUT2D eigenvalue weighted by molar-refractivity contribution is 5.17. The van der Waals surface area contributed by atoms with E-state index in [2.05, 4.69) is 0 Å². The summed E-state index contributed by atoms with van der Waals surface area (Å²) in [5.74, 6) is -77.4. The van der Waals surface area contributed by atoms with Gasteiger partial charge in [-0.1, -0.05) is 0 Å². The number of alkyl halides is 21. The van der Waals surface area contributed by atoms with E-state index in [4.69, 9.17) is 5.11 Å². The van der Waals surface area contributed by atoms with E-state index >= 15 is 0 Å². The lowest BCUT2D eigenvalue weighted by Gasteiger charge is -2.44. The third-order valence-corrected chi connectivity index (χ3v) is 3.77. The van der Waals surface area contributed by atoms with Crippen molar-refractivity contribution in [2.45, 2.75) is 59.5 Å². The molecule has 0 aliphatic heterocycles. The second-order valence-electron chi connectivity index (χ2n) is 5.96. The molecule has 0 aromatic carbocycles. The summed E-state index contributed by atoms with van der Waals surface area (Å²) in [6.07, 6.45) is -8.01. The number of hydrogen-bond acceptors (Lipinski definition) is 1. The first-order valence-corrected chi connectivity index (χ1v) is 6.89. The van der Waals surface area contributed by atoms with E-state index in [1.54, 1.807) is 0 Å². The maximum Gasteiger partial charge on any atom is 0.460 e. The van der Waals surface area contributed by atoms with Crippen LogP contribution in [0.4, 0.5) is 92.2 Å². The van der Waals surface area contributed by atoms with Gasteiger partial charge in [-0.25, -0.2) is 0 Å². The predicted octanol–water partition coefficient (Wildman–Crippen LogP) is 6.26. The zero-order valence-corrected chi connectivity index (χ0v) is 14.1. The van der Waals surface area contributed by atoms with Crippen LogP contribution in [-0.2, 0) is 0 Å². The van der Waals surface area contributed by atoms with Crippen molar-refractivity contribution in [1.82, 2.24) is 0 Å². The van der Waals surface area contributed by atoms with Gasteiger partial charge in [0.2, 0.25) is 0 Å². The summed E-state index contributed by atoms with van der Waals surface area (Å²) < 4.78 is 269. The summed E-state index contributed by atoms with van der Waals surface area (Å²) in [5.41, 5.74) is 0. The molecule has 0 aromatic rings. The smallest absolute Gasteiger partial charge is 0.390 e. The lowest BCUT2D eigenvalue weighted by molar-refractivity contribution is -0.474. The van der Waals surface area contributed by atoms with Gasteiger partial charge in [0, 0.05) is 0 Å². The molecular weight excluding hydrogens is 547 g/mol. The first-order chi connectivity index (χ1) is 13.8. The Morgan fingerprint density at radius 1 is 0.303 bits per heavy atom. The van der Waals surface area contributed by atoms with Crippen LogP contribution >= 0.6 is 0 Å². The minimum atomic E-state index is -9.18. The fourth-order valence-electron chi connectivity index (χ4n) is 1.69. The van der Waals surface area contributed by atoms with Gasteiger partial charge in [-0.05, 0) is 0 Å². The van der Waals surface area contributed by atoms with Gasteiger partial charge in [-0.3, -0.25) is 0 Å². The summed E-state index contributed by atoms with van der Waals surface area (Å²) in [7, 11) is 0. The molecule has 0 heterocycles. The topological polar surface area (TPSA) is 20.2 Å². The number of halogens is 21. The van der Waals surface area contributed by atoms with Gasteiger partial charge in [0.15, 0.2) is 0 Å². The third-order valence-electron chi connectivity index (χ3n) is 3.77. The van der Waals surface area contributed by atoms with Gasteiger partial charge in [-0.15, -0.1) is 0 Å². The van der Waals surface area contributed by atoms with E-state index in [-0.39, 0.29) is 0 Å². The Labute approximate surface area is 165 Å². The van der Waals surface area contributed by atoms with Crippen molar-refractivity contribution >= 4 is 0 Å². The van der Waals surface area contributed by atoms with E-state index < -0.39 is 66.1 Å². The van der Waals surface area contributed by atoms with Crippen LogP contribution in [0.5, 0.6) is 0 Å². The molecule has 0 saturated heterocycles. The fourth-order valence-corrected chi connectivity index (χ4v) is 1.69. The molecule has 0 rings (SSSR count). The Balaban J connectivity index is 7.03. The van der Waals surface area contributed by atoms with Crippen LogP contribution < -0.4 is 0 Å². The van der Waals surface area contributed by atoms with Crippen molar-refractivity contribution in [2.24, 2.45) is 0 Å². The summed E-state index contributed by atoms with van der Waals surface area (Å²) >= 11 is 0. The molecule has 0 aromatic heterocycles. The molecule has 0 aliphatic carbocycles. The van der Waals surface area contributed by atoms with Gasteiger partial charge < -0.3 is 5.11 Å². The molecule has 200 valence electrons. The van der Waals surface area contributed by atoms with Gasteiger partial charge in [0.1, 0.15) is 6.61 Å². The van der Waals surface area contributed by atoms with E-state index in [9.17, 15) is 92.2 Å². The standard InChI is InChI=1S/C11H3F21O/c12-2(13,1-33)3(14,15)4(16,17)5(18,19)6(20,21)7(22,23)8(24,25)9(26,27)10(28,29)11(30,31)32/h33H,1H2. The zero-order chi connectivity index (χ0) is 27.7. The largest absolute Gasteiger partial charge is 0.460 e. The van der Waals surface area contributed by atoms with Gasteiger partial charge in [0.05, 0.1) is 0 Å². The zero-order valence-electron chi connectivity index (χ0n) is 14.1. The molecule has 0 saturated carbocycles. The Hall–Kier alpha value is -1.51. The highest BCUT2D eigenvalue weighted by atomic mass is 19.4. The summed E-state index contributed by atoms with van der Waals surface area (Å²) in [6.45, 7) is -3.63. The van der Waals surface area contributed by atoms with Crippen LogP contribution in [-0.4, -0.2) is 71.2 Å². The number of hydrogen-bond donors (Lipinski definition) is 1.